The molecule has 0 aromatic carbocycles. The van der Waals surface area contributed by atoms with Crippen molar-refractivity contribution >= 4 is 11.9 Å². The molecule has 1 rings (SSSR count). The summed E-state index contributed by atoms with van der Waals surface area (Å²) in [6.07, 6.45) is 0. The van der Waals surface area contributed by atoms with Crippen LogP contribution in [-0.4, -0.2) is 34.2 Å². The van der Waals surface area contributed by atoms with E-state index in [0.29, 0.717) is 0 Å². The van der Waals surface area contributed by atoms with Crippen molar-refractivity contribution in [1.29, 1.82) is 0 Å². The molecule has 0 saturated heterocycles. The summed E-state index contributed by atoms with van der Waals surface area (Å²) < 4.78 is 0. The number of nitrogens with one attached hydrogen (secondary N) is 1. The van der Waals surface area contributed by atoms with E-state index in [2.05, 4.69) is 10.3 Å². The summed E-state index contributed by atoms with van der Waals surface area (Å²) in [6.45, 7) is -0.377. The first kappa shape index (κ1) is 7.45. The van der Waals surface area contributed by atoms with E-state index in [1.54, 1.807) is 0 Å². The molecule has 7 nitrogen and oxygen atoms in total. The van der Waals surface area contributed by atoms with Crippen molar-refractivity contribution in [3.8, 4) is 0 Å². The number of carboxylic acid groups (broad SMARTS) is 2. The van der Waals surface area contributed by atoms with Gasteiger partial charge in [-0.25, -0.2) is 9.59 Å². The Morgan fingerprint density at radius 2 is 1.91 bits per heavy atom. The molecule has 1 aliphatic rings. The monoisotopic (exact) mass is 159 g/mol. The van der Waals surface area contributed by atoms with Crippen LogP contribution >= 0.6 is 0 Å². The third-order valence-corrected chi connectivity index (χ3v) is 1.35. The highest BCUT2D eigenvalue weighted by molar-refractivity contribution is 6.03. The Hall–Kier alpha value is -1.66. The minimum Gasteiger partial charge on any atom is -0.479 e. The average Bonchev–Trinajstić information content (AvgIpc) is 2.34. The molecule has 7 heteroatoms. The molecule has 0 unspecified atom stereocenters. The van der Waals surface area contributed by atoms with Crippen molar-refractivity contribution in [2.75, 3.05) is 6.54 Å². The molecule has 0 bridgehead atoms. The smallest absolute Gasteiger partial charge is 0.344 e. The Kier molecular flexibility index (Phi) is 1.48. The molecule has 0 spiro atoms. The topological polar surface area (TPSA) is 111 Å². The van der Waals surface area contributed by atoms with Crippen molar-refractivity contribution in [3.05, 3.63) is 0 Å². The van der Waals surface area contributed by atoms with Gasteiger partial charge >= 0.3 is 11.9 Å². The molecule has 0 fully saturated rings. The van der Waals surface area contributed by atoms with Crippen LogP contribution in [0, 0.1) is 0 Å². The molecule has 11 heavy (non-hydrogen) atoms. The number of carbonyl (C=O) groups is 2. The molecule has 1 aliphatic heterocycles. The second kappa shape index (κ2) is 2.19. The molecule has 3 N–H and O–H groups in total. The Morgan fingerprint density at radius 3 is 2.09 bits per heavy atom. The Morgan fingerprint density at radius 1 is 1.36 bits per heavy atom. The van der Waals surface area contributed by atoms with Crippen LogP contribution in [0.15, 0.2) is 10.3 Å². The summed E-state index contributed by atoms with van der Waals surface area (Å²) in [5, 5.41) is 23.3. The van der Waals surface area contributed by atoms with Gasteiger partial charge in [-0.1, -0.05) is 5.22 Å². The quantitative estimate of drug-likeness (QED) is 0.441. The Bertz CT molecular complexity index is 211. The van der Waals surface area contributed by atoms with Gasteiger partial charge in [-0.3, -0.25) is 5.43 Å². The maximum Gasteiger partial charge on any atom is 0.344 e. The summed E-state index contributed by atoms with van der Waals surface area (Å²) in [6, 6.07) is 0. The third-order valence-electron chi connectivity index (χ3n) is 1.35. The molecule has 0 aromatic heterocycles. The van der Waals surface area contributed by atoms with Gasteiger partial charge in [0.25, 0.3) is 5.54 Å². The van der Waals surface area contributed by atoms with Crippen LogP contribution in [-0.2, 0) is 9.59 Å². The fourth-order valence-electron chi connectivity index (χ4n) is 0.620. The molecule has 0 aromatic rings. The molecule has 0 radical (unpaired) electrons. The van der Waals surface area contributed by atoms with Crippen molar-refractivity contribution < 1.29 is 19.8 Å². The summed E-state index contributed by atoms with van der Waals surface area (Å²) in [7, 11) is 0. The van der Waals surface area contributed by atoms with Crippen molar-refractivity contribution in [3.63, 3.8) is 0 Å². The zero-order chi connectivity index (χ0) is 8.48. The minimum absolute atomic E-state index is 0.377. The number of hydrogen-bond donors (Lipinski definition) is 3. The fourth-order valence-corrected chi connectivity index (χ4v) is 0.620. The van der Waals surface area contributed by atoms with Gasteiger partial charge in [0.1, 0.15) is 6.54 Å². The second-order valence-electron chi connectivity index (χ2n) is 2.03. The lowest BCUT2D eigenvalue weighted by Gasteiger charge is -2.15. The number of hydrogen-bond acceptors (Lipinski definition) is 5. The van der Waals surface area contributed by atoms with Crippen molar-refractivity contribution in [2.45, 2.75) is 5.54 Å². The lowest BCUT2D eigenvalue weighted by molar-refractivity contribution is -0.157. The molecule has 0 amide bonds. The highest BCUT2D eigenvalue weighted by Gasteiger charge is 2.49. The predicted molar refractivity (Wildman–Crippen MR) is 30.9 cm³/mol. The van der Waals surface area contributed by atoms with E-state index in [1.807, 2.05) is 5.43 Å². The number of nitrogens with zero attached hydrogens (tertiary/aromatic N) is 2. The maximum absolute atomic E-state index is 10.4. The molecule has 0 aliphatic carbocycles. The molecular weight excluding hydrogens is 154 g/mol. The average molecular weight is 159 g/mol. The van der Waals surface area contributed by atoms with E-state index in [1.165, 1.54) is 0 Å². The van der Waals surface area contributed by atoms with E-state index in [-0.39, 0.29) is 6.54 Å². The summed E-state index contributed by atoms with van der Waals surface area (Å²) in [4.78, 5) is 20.8. The van der Waals surface area contributed by atoms with Gasteiger partial charge in [-0.2, -0.15) is 5.11 Å². The zero-order valence-corrected chi connectivity index (χ0v) is 5.31. The van der Waals surface area contributed by atoms with Gasteiger partial charge in [0.2, 0.25) is 0 Å². The first-order chi connectivity index (χ1) is 5.09. The van der Waals surface area contributed by atoms with Crippen LogP contribution in [0.25, 0.3) is 0 Å². The van der Waals surface area contributed by atoms with Crippen LogP contribution in [0.3, 0.4) is 0 Å². The molecule has 60 valence electrons. The zero-order valence-electron chi connectivity index (χ0n) is 5.31. The first-order valence-electron chi connectivity index (χ1n) is 2.70. The van der Waals surface area contributed by atoms with Gasteiger partial charge in [-0.05, 0) is 0 Å². The third kappa shape index (κ3) is 0.896. The van der Waals surface area contributed by atoms with Gasteiger partial charge in [0.05, 0.1) is 0 Å². The molecule has 0 atom stereocenters. The van der Waals surface area contributed by atoms with E-state index in [4.69, 9.17) is 10.2 Å². The molecule has 0 saturated carbocycles. The second-order valence-corrected chi connectivity index (χ2v) is 2.03. The van der Waals surface area contributed by atoms with Crippen LogP contribution in [0.4, 0.5) is 0 Å². The van der Waals surface area contributed by atoms with Gasteiger partial charge in [0, 0.05) is 0 Å². The Labute approximate surface area is 60.7 Å². The SMILES string of the molecule is O=C(O)C1(C(=O)O)CN=NN1. The minimum atomic E-state index is -2.06. The standard InChI is InChI=1S/C4H5N3O4/c8-2(9)4(3(10)11)1-5-7-6-4/h1H2,(H,5,6)(H,8,9)(H,10,11). The summed E-state index contributed by atoms with van der Waals surface area (Å²) in [5.41, 5.74) is -0.127. The first-order valence-corrected chi connectivity index (χ1v) is 2.70. The normalized spacial score (nSPS) is 19.3. The fraction of sp³-hybridized carbons (Fsp3) is 0.500. The van der Waals surface area contributed by atoms with Crippen LogP contribution in [0.5, 0.6) is 0 Å². The van der Waals surface area contributed by atoms with E-state index < -0.39 is 17.5 Å². The van der Waals surface area contributed by atoms with Gasteiger partial charge in [-0.15, -0.1) is 0 Å². The number of carboxylic acids is 2. The van der Waals surface area contributed by atoms with Gasteiger partial charge < -0.3 is 10.2 Å². The van der Waals surface area contributed by atoms with E-state index >= 15 is 0 Å². The number of rotatable bonds is 2. The highest BCUT2D eigenvalue weighted by atomic mass is 16.4. The predicted octanol–water partition coefficient (Wildman–Crippen LogP) is -1.14. The Balaban J connectivity index is 2.90. The molecular formula is C4H5N3O4. The lowest BCUT2D eigenvalue weighted by atomic mass is 10.0. The largest absolute Gasteiger partial charge is 0.479 e. The van der Waals surface area contributed by atoms with Crippen LogP contribution in [0.2, 0.25) is 0 Å². The molecule has 1 heterocycles. The highest BCUT2D eigenvalue weighted by Crippen LogP contribution is 2.11. The number of aliphatic carboxylic acids is 2. The van der Waals surface area contributed by atoms with Crippen LogP contribution < -0.4 is 5.43 Å². The lowest BCUT2D eigenvalue weighted by Crippen LogP contribution is -2.56. The summed E-state index contributed by atoms with van der Waals surface area (Å²) in [5.74, 6) is -2.98. The van der Waals surface area contributed by atoms with Crippen molar-refractivity contribution in [1.82, 2.24) is 5.43 Å². The van der Waals surface area contributed by atoms with E-state index in [0.717, 1.165) is 0 Å². The van der Waals surface area contributed by atoms with E-state index in [9.17, 15) is 9.59 Å². The van der Waals surface area contributed by atoms with Crippen LogP contribution in [0.1, 0.15) is 0 Å². The van der Waals surface area contributed by atoms with Gasteiger partial charge in [0.15, 0.2) is 0 Å². The maximum atomic E-state index is 10.4. The van der Waals surface area contributed by atoms with Crippen molar-refractivity contribution in [2.24, 2.45) is 10.3 Å². The summed E-state index contributed by atoms with van der Waals surface area (Å²) >= 11 is 0.